The van der Waals surface area contributed by atoms with E-state index >= 15 is 0 Å². The van der Waals surface area contributed by atoms with Crippen molar-refractivity contribution < 1.29 is 13.7 Å². The third-order valence-electron chi connectivity index (χ3n) is 2.34. The minimum atomic E-state index is -1.20. The van der Waals surface area contributed by atoms with Crippen molar-refractivity contribution >= 4 is 28.1 Å². The summed E-state index contributed by atoms with van der Waals surface area (Å²) in [7, 11) is 0.331. The van der Waals surface area contributed by atoms with E-state index in [2.05, 4.69) is 5.32 Å². The molecule has 1 atom stereocenters. The number of hydrogen-bond donors (Lipinski definition) is 2. The van der Waals surface area contributed by atoms with E-state index in [1.54, 1.807) is 12.1 Å². The second-order valence-corrected chi connectivity index (χ2v) is 5.48. The Kier molecular flexibility index (Phi) is 5.80. The first-order chi connectivity index (χ1) is 8.52. The Labute approximate surface area is 109 Å². The lowest BCUT2D eigenvalue weighted by atomic mass is 10.2. The van der Waals surface area contributed by atoms with Gasteiger partial charge >= 0.3 is 0 Å². The number of amides is 1. The summed E-state index contributed by atoms with van der Waals surface area (Å²) in [6, 6.07) is 5.28. The van der Waals surface area contributed by atoms with Crippen molar-refractivity contribution in [2.75, 3.05) is 36.3 Å². The molecule has 1 rings (SSSR count). The summed E-state index contributed by atoms with van der Waals surface area (Å²) >= 11 is 0. The van der Waals surface area contributed by atoms with E-state index < -0.39 is 10.8 Å². The normalized spacial score (nSPS) is 12.1. The fraction of sp³-hybridized carbons (Fsp3) is 0.417. The van der Waals surface area contributed by atoms with Gasteiger partial charge in [-0.1, -0.05) is 6.07 Å². The average molecular weight is 270 g/mol. The zero-order chi connectivity index (χ0) is 13.5. The molecule has 1 unspecified atom stereocenters. The number of ether oxygens (including phenoxy) is 1. The van der Waals surface area contributed by atoms with Gasteiger partial charge in [0.15, 0.2) is 0 Å². The standard InChI is InChI=1S/C12H18N2O3S/c1-9-3-4-10(13)7-11(9)14-12(15)8-18(16)6-5-17-2/h3-4,7H,5-6,8,13H2,1-2H3,(H,14,15). The van der Waals surface area contributed by atoms with E-state index in [4.69, 9.17) is 10.5 Å². The van der Waals surface area contributed by atoms with Crippen LogP contribution in [0.3, 0.4) is 0 Å². The van der Waals surface area contributed by atoms with Crippen LogP contribution < -0.4 is 11.1 Å². The minimum absolute atomic E-state index is 0.0302. The fourth-order valence-corrected chi connectivity index (χ4v) is 2.22. The number of hydrogen-bond acceptors (Lipinski definition) is 4. The molecule has 0 fully saturated rings. The number of aryl methyl sites for hydroxylation is 1. The number of anilines is 2. The molecule has 1 aromatic carbocycles. The van der Waals surface area contributed by atoms with Crippen LogP contribution in [0.25, 0.3) is 0 Å². The molecule has 0 radical (unpaired) electrons. The highest BCUT2D eigenvalue weighted by Gasteiger charge is 2.09. The van der Waals surface area contributed by atoms with E-state index in [-0.39, 0.29) is 11.7 Å². The van der Waals surface area contributed by atoms with Gasteiger partial charge in [0.25, 0.3) is 0 Å². The van der Waals surface area contributed by atoms with E-state index in [0.717, 1.165) is 5.56 Å². The minimum Gasteiger partial charge on any atom is -0.399 e. The first-order valence-electron chi connectivity index (χ1n) is 5.53. The third kappa shape index (κ3) is 4.85. The van der Waals surface area contributed by atoms with Crippen LogP contribution in [0.2, 0.25) is 0 Å². The summed E-state index contributed by atoms with van der Waals surface area (Å²) in [6.07, 6.45) is 0. The molecule has 0 bridgehead atoms. The smallest absolute Gasteiger partial charge is 0.237 e. The number of nitrogen functional groups attached to an aromatic ring is 1. The van der Waals surface area contributed by atoms with Gasteiger partial charge in [-0.2, -0.15) is 0 Å². The molecular weight excluding hydrogens is 252 g/mol. The molecular formula is C12H18N2O3S. The van der Waals surface area contributed by atoms with E-state index in [1.165, 1.54) is 7.11 Å². The quantitative estimate of drug-likeness (QED) is 0.753. The Morgan fingerprint density at radius 2 is 2.22 bits per heavy atom. The Hall–Kier alpha value is -1.40. The summed E-state index contributed by atoms with van der Waals surface area (Å²) in [4.78, 5) is 11.7. The van der Waals surface area contributed by atoms with Crippen LogP contribution >= 0.6 is 0 Å². The Balaban J connectivity index is 2.54. The molecule has 0 saturated carbocycles. The third-order valence-corrected chi connectivity index (χ3v) is 3.55. The number of rotatable bonds is 6. The van der Waals surface area contributed by atoms with Crippen LogP contribution in [0.5, 0.6) is 0 Å². The maximum atomic E-state index is 11.7. The van der Waals surface area contributed by atoms with Crippen molar-refractivity contribution in [1.82, 2.24) is 0 Å². The van der Waals surface area contributed by atoms with Crippen molar-refractivity contribution in [3.8, 4) is 0 Å². The summed E-state index contributed by atoms with van der Waals surface area (Å²) < 4.78 is 16.3. The largest absolute Gasteiger partial charge is 0.399 e. The SMILES string of the molecule is COCCS(=O)CC(=O)Nc1cc(N)ccc1C. The highest BCUT2D eigenvalue weighted by molar-refractivity contribution is 7.85. The second-order valence-electron chi connectivity index (χ2n) is 3.90. The number of nitrogens with one attached hydrogen (secondary N) is 1. The Morgan fingerprint density at radius 1 is 1.50 bits per heavy atom. The van der Waals surface area contributed by atoms with Gasteiger partial charge in [0.1, 0.15) is 5.75 Å². The summed E-state index contributed by atoms with van der Waals surface area (Å²) in [6.45, 7) is 2.26. The molecule has 0 spiro atoms. The Bertz CT molecular complexity index is 449. The van der Waals surface area contributed by atoms with Crippen LogP contribution in [-0.2, 0) is 20.3 Å². The van der Waals surface area contributed by atoms with Gasteiger partial charge in [0.05, 0.1) is 6.61 Å². The number of methoxy groups -OCH3 is 1. The molecule has 0 heterocycles. The number of nitrogens with two attached hydrogens (primary N) is 1. The van der Waals surface area contributed by atoms with E-state index in [0.29, 0.717) is 23.7 Å². The molecule has 0 aliphatic rings. The monoisotopic (exact) mass is 270 g/mol. The van der Waals surface area contributed by atoms with Crippen LogP contribution in [0.1, 0.15) is 5.56 Å². The average Bonchev–Trinajstić information content (AvgIpc) is 2.31. The predicted octanol–water partition coefficient (Wildman–Crippen LogP) is 0.911. The van der Waals surface area contributed by atoms with Crippen LogP contribution in [0.15, 0.2) is 18.2 Å². The zero-order valence-corrected chi connectivity index (χ0v) is 11.4. The predicted molar refractivity (Wildman–Crippen MR) is 74.0 cm³/mol. The van der Waals surface area contributed by atoms with Crippen molar-refractivity contribution in [3.63, 3.8) is 0 Å². The molecule has 1 aromatic rings. The number of carbonyl (C=O) groups excluding carboxylic acids is 1. The van der Waals surface area contributed by atoms with Crippen molar-refractivity contribution in [1.29, 1.82) is 0 Å². The molecule has 0 aliphatic heterocycles. The van der Waals surface area contributed by atoms with Crippen LogP contribution in [-0.4, -0.2) is 35.3 Å². The highest BCUT2D eigenvalue weighted by atomic mass is 32.2. The van der Waals surface area contributed by atoms with Crippen molar-refractivity contribution in [2.24, 2.45) is 0 Å². The maximum absolute atomic E-state index is 11.7. The molecule has 100 valence electrons. The number of carbonyl (C=O) groups is 1. The molecule has 3 N–H and O–H groups in total. The zero-order valence-electron chi connectivity index (χ0n) is 10.6. The second kappa shape index (κ2) is 7.13. The lowest BCUT2D eigenvalue weighted by Gasteiger charge is -2.09. The molecule has 5 nitrogen and oxygen atoms in total. The number of benzene rings is 1. The molecule has 0 saturated heterocycles. The Morgan fingerprint density at radius 3 is 2.89 bits per heavy atom. The van der Waals surface area contributed by atoms with E-state index in [1.807, 2.05) is 13.0 Å². The van der Waals surface area contributed by atoms with Gasteiger partial charge in [-0.3, -0.25) is 9.00 Å². The molecule has 18 heavy (non-hydrogen) atoms. The topological polar surface area (TPSA) is 81.4 Å². The lowest BCUT2D eigenvalue weighted by molar-refractivity contribution is -0.113. The van der Waals surface area contributed by atoms with Crippen molar-refractivity contribution in [2.45, 2.75) is 6.92 Å². The van der Waals surface area contributed by atoms with Gasteiger partial charge in [-0.15, -0.1) is 0 Å². The summed E-state index contributed by atoms with van der Waals surface area (Å²) in [5.74, 6) is 0.0513. The van der Waals surface area contributed by atoms with Gasteiger partial charge < -0.3 is 15.8 Å². The highest BCUT2D eigenvalue weighted by Crippen LogP contribution is 2.17. The summed E-state index contributed by atoms with van der Waals surface area (Å²) in [5, 5.41) is 2.71. The molecule has 1 amide bonds. The molecule has 6 heteroatoms. The molecule has 0 aliphatic carbocycles. The first-order valence-corrected chi connectivity index (χ1v) is 7.01. The van der Waals surface area contributed by atoms with E-state index in [9.17, 15) is 9.00 Å². The van der Waals surface area contributed by atoms with Crippen LogP contribution in [0, 0.1) is 6.92 Å². The van der Waals surface area contributed by atoms with Crippen LogP contribution in [0.4, 0.5) is 11.4 Å². The van der Waals surface area contributed by atoms with Crippen molar-refractivity contribution in [3.05, 3.63) is 23.8 Å². The van der Waals surface area contributed by atoms with Gasteiger partial charge in [-0.25, -0.2) is 0 Å². The first kappa shape index (κ1) is 14.7. The van der Waals surface area contributed by atoms with Gasteiger partial charge in [-0.05, 0) is 24.6 Å². The fourth-order valence-electron chi connectivity index (χ4n) is 1.36. The lowest BCUT2D eigenvalue weighted by Crippen LogP contribution is -2.22. The van der Waals surface area contributed by atoms with Gasteiger partial charge in [0, 0.05) is 35.0 Å². The van der Waals surface area contributed by atoms with Gasteiger partial charge in [0.2, 0.25) is 5.91 Å². The summed E-state index contributed by atoms with van der Waals surface area (Å²) in [5.41, 5.74) is 7.80. The maximum Gasteiger partial charge on any atom is 0.237 e. The molecule has 0 aromatic heterocycles.